The number of rotatable bonds is 1. The van der Waals surface area contributed by atoms with Crippen LogP contribution in [0.3, 0.4) is 0 Å². The van der Waals surface area contributed by atoms with Gasteiger partial charge in [0.2, 0.25) is 5.92 Å². The van der Waals surface area contributed by atoms with E-state index in [4.69, 9.17) is 5.73 Å². The third-order valence-corrected chi connectivity index (χ3v) is 1.49. The van der Waals surface area contributed by atoms with Crippen LogP contribution in [0.4, 0.5) is 8.78 Å². The van der Waals surface area contributed by atoms with E-state index in [1.165, 1.54) is 0 Å². The van der Waals surface area contributed by atoms with Crippen molar-refractivity contribution in [2.75, 3.05) is 0 Å². The van der Waals surface area contributed by atoms with E-state index in [9.17, 15) is 8.78 Å². The second-order valence-corrected chi connectivity index (χ2v) is 2.46. The van der Waals surface area contributed by atoms with Crippen LogP contribution in [0.25, 0.3) is 0 Å². The molecule has 0 heterocycles. The largest absolute Gasteiger partial charge is 0.327 e. The molecule has 2 N–H and O–H groups in total. The van der Waals surface area contributed by atoms with Crippen LogP contribution in [0, 0.1) is 5.92 Å². The summed E-state index contributed by atoms with van der Waals surface area (Å²) in [5.74, 6) is -3.08. The molecule has 0 aliphatic heterocycles. The monoisotopic (exact) mass is 121 g/mol. The molecule has 3 heteroatoms. The summed E-state index contributed by atoms with van der Waals surface area (Å²) in [5.41, 5.74) is 5.17. The van der Waals surface area contributed by atoms with Gasteiger partial charge in [-0.05, 0) is 13.3 Å². The van der Waals surface area contributed by atoms with Gasteiger partial charge in [0.1, 0.15) is 0 Å². The predicted octanol–water partition coefficient (Wildman–Crippen LogP) is 0.989. The van der Waals surface area contributed by atoms with Gasteiger partial charge in [-0.3, -0.25) is 0 Å². The van der Waals surface area contributed by atoms with E-state index in [1.54, 1.807) is 0 Å². The predicted molar refractivity (Wildman–Crippen MR) is 26.7 cm³/mol. The van der Waals surface area contributed by atoms with E-state index in [-0.39, 0.29) is 6.04 Å². The normalized spacial score (nSPS) is 37.5. The van der Waals surface area contributed by atoms with Crippen molar-refractivity contribution in [1.82, 2.24) is 0 Å². The summed E-state index contributed by atoms with van der Waals surface area (Å²) in [6.45, 7) is 0.921. The molecule has 1 aliphatic carbocycles. The minimum atomic E-state index is -2.54. The SMILES string of the molecule is CC(F)(F)C1CC1N. The first-order valence-corrected chi connectivity index (χ1v) is 2.65. The second-order valence-electron chi connectivity index (χ2n) is 2.46. The van der Waals surface area contributed by atoms with Gasteiger partial charge in [-0.15, -0.1) is 0 Å². The quantitative estimate of drug-likeness (QED) is 0.550. The topological polar surface area (TPSA) is 26.0 Å². The lowest BCUT2D eigenvalue weighted by Crippen LogP contribution is -2.18. The Morgan fingerprint density at radius 1 is 1.62 bits per heavy atom. The molecule has 1 nitrogen and oxygen atoms in total. The van der Waals surface area contributed by atoms with Crippen LogP contribution in [-0.2, 0) is 0 Å². The van der Waals surface area contributed by atoms with Crippen LogP contribution in [0.2, 0.25) is 0 Å². The first kappa shape index (κ1) is 5.95. The fourth-order valence-corrected chi connectivity index (χ4v) is 0.797. The van der Waals surface area contributed by atoms with E-state index in [0.717, 1.165) is 6.92 Å². The van der Waals surface area contributed by atoms with Crippen LogP contribution in [0.1, 0.15) is 13.3 Å². The van der Waals surface area contributed by atoms with Crippen LogP contribution in [0.5, 0.6) is 0 Å². The molecular weight excluding hydrogens is 112 g/mol. The van der Waals surface area contributed by atoms with E-state index in [2.05, 4.69) is 0 Å². The zero-order valence-electron chi connectivity index (χ0n) is 4.70. The van der Waals surface area contributed by atoms with Gasteiger partial charge in [0.25, 0.3) is 0 Å². The summed E-state index contributed by atoms with van der Waals surface area (Å²) in [6, 6.07) is -0.241. The summed E-state index contributed by atoms with van der Waals surface area (Å²) in [6.07, 6.45) is 0.490. The van der Waals surface area contributed by atoms with Crippen molar-refractivity contribution >= 4 is 0 Å². The lowest BCUT2D eigenvalue weighted by molar-refractivity contribution is -0.00363. The highest BCUT2D eigenvalue weighted by Gasteiger charge is 2.49. The summed E-state index contributed by atoms with van der Waals surface area (Å²) in [5, 5.41) is 0. The molecule has 0 radical (unpaired) electrons. The van der Waals surface area contributed by atoms with Gasteiger partial charge in [0.05, 0.1) is 0 Å². The smallest absolute Gasteiger partial charge is 0.249 e. The lowest BCUT2D eigenvalue weighted by Gasteiger charge is -2.06. The minimum absolute atomic E-state index is 0.241. The molecule has 1 aliphatic rings. The molecule has 0 aromatic heterocycles. The second kappa shape index (κ2) is 1.41. The Balaban J connectivity index is 2.39. The van der Waals surface area contributed by atoms with Crippen molar-refractivity contribution in [3.05, 3.63) is 0 Å². The lowest BCUT2D eigenvalue weighted by atomic mass is 10.2. The standard InChI is InChI=1S/C5H9F2N/c1-5(6,7)3-2-4(3)8/h3-4H,2,8H2,1H3. The molecule has 2 unspecified atom stereocenters. The molecular formula is C5H9F2N. The van der Waals surface area contributed by atoms with Gasteiger partial charge in [-0.1, -0.05) is 0 Å². The van der Waals surface area contributed by atoms with Gasteiger partial charge >= 0.3 is 0 Å². The van der Waals surface area contributed by atoms with E-state index < -0.39 is 11.8 Å². The van der Waals surface area contributed by atoms with Gasteiger partial charge in [-0.2, -0.15) is 0 Å². The first-order chi connectivity index (χ1) is 3.52. The zero-order chi connectivity index (χ0) is 6.36. The van der Waals surface area contributed by atoms with Crippen LogP contribution >= 0.6 is 0 Å². The Morgan fingerprint density at radius 2 is 2.00 bits per heavy atom. The Morgan fingerprint density at radius 3 is 2.00 bits per heavy atom. The Labute approximate surface area is 46.9 Å². The molecule has 0 bridgehead atoms. The van der Waals surface area contributed by atoms with Crippen molar-refractivity contribution in [3.8, 4) is 0 Å². The molecule has 48 valence electrons. The number of nitrogens with two attached hydrogens (primary N) is 1. The molecule has 0 saturated heterocycles. The van der Waals surface area contributed by atoms with Crippen molar-refractivity contribution in [3.63, 3.8) is 0 Å². The maximum atomic E-state index is 12.1. The molecule has 0 aromatic carbocycles. The first-order valence-electron chi connectivity index (χ1n) is 2.65. The molecule has 0 aromatic rings. The fourth-order valence-electron chi connectivity index (χ4n) is 0.797. The molecule has 8 heavy (non-hydrogen) atoms. The van der Waals surface area contributed by atoms with E-state index >= 15 is 0 Å². The highest BCUT2D eigenvalue weighted by atomic mass is 19.3. The van der Waals surface area contributed by atoms with Crippen molar-refractivity contribution in [2.45, 2.75) is 25.3 Å². The summed E-state index contributed by atoms with van der Waals surface area (Å²) < 4.78 is 24.2. The molecule has 0 amide bonds. The van der Waals surface area contributed by atoms with Gasteiger partial charge in [0.15, 0.2) is 0 Å². The van der Waals surface area contributed by atoms with Gasteiger partial charge in [0, 0.05) is 12.0 Å². The molecule has 1 fully saturated rings. The Kier molecular flexibility index (Phi) is 1.05. The molecule has 1 rings (SSSR count). The average molecular weight is 121 g/mol. The van der Waals surface area contributed by atoms with Crippen LogP contribution in [0.15, 0.2) is 0 Å². The summed E-state index contributed by atoms with van der Waals surface area (Å²) >= 11 is 0. The average Bonchev–Trinajstić information content (AvgIpc) is 2.13. The molecule has 0 spiro atoms. The number of alkyl halides is 2. The number of hydrogen-bond donors (Lipinski definition) is 1. The zero-order valence-corrected chi connectivity index (χ0v) is 4.70. The van der Waals surface area contributed by atoms with E-state index in [1.807, 2.05) is 0 Å². The van der Waals surface area contributed by atoms with Gasteiger partial charge < -0.3 is 5.73 Å². The highest BCUT2D eigenvalue weighted by molar-refractivity contribution is 4.97. The molecule has 2 atom stereocenters. The summed E-state index contributed by atoms with van der Waals surface area (Å²) in [4.78, 5) is 0. The third-order valence-electron chi connectivity index (χ3n) is 1.49. The maximum Gasteiger partial charge on any atom is 0.249 e. The third kappa shape index (κ3) is 0.968. The van der Waals surface area contributed by atoms with Crippen molar-refractivity contribution < 1.29 is 8.78 Å². The fraction of sp³-hybridized carbons (Fsp3) is 1.00. The van der Waals surface area contributed by atoms with Crippen LogP contribution in [-0.4, -0.2) is 12.0 Å². The summed E-state index contributed by atoms with van der Waals surface area (Å²) in [7, 11) is 0. The number of hydrogen-bond acceptors (Lipinski definition) is 1. The highest BCUT2D eigenvalue weighted by Crippen LogP contribution is 2.41. The minimum Gasteiger partial charge on any atom is -0.327 e. The molecule has 1 saturated carbocycles. The van der Waals surface area contributed by atoms with Crippen molar-refractivity contribution in [1.29, 1.82) is 0 Å². The maximum absolute atomic E-state index is 12.1. The number of halogens is 2. The van der Waals surface area contributed by atoms with E-state index in [0.29, 0.717) is 6.42 Å². The van der Waals surface area contributed by atoms with Crippen LogP contribution < -0.4 is 5.73 Å². The Bertz CT molecular complexity index is 97.1. The Hall–Kier alpha value is -0.180. The van der Waals surface area contributed by atoms with Crippen molar-refractivity contribution in [2.24, 2.45) is 11.7 Å². The van der Waals surface area contributed by atoms with Gasteiger partial charge in [-0.25, -0.2) is 8.78 Å².